The van der Waals surface area contributed by atoms with Crippen LogP contribution in [-0.4, -0.2) is 28.7 Å². The lowest BCUT2D eigenvalue weighted by molar-refractivity contribution is -0.157. The van der Waals surface area contributed by atoms with Gasteiger partial charge in [0, 0.05) is 0 Å². The number of aliphatic carboxylic acids is 1. The smallest absolute Gasteiger partial charge is 0.323 e. The molecule has 0 bridgehead atoms. The van der Waals surface area contributed by atoms with E-state index in [1.807, 2.05) is 30.3 Å². The predicted octanol–water partition coefficient (Wildman–Crippen LogP) is 2.41. The molecule has 1 unspecified atom stereocenters. The van der Waals surface area contributed by atoms with E-state index < -0.39 is 29.5 Å². The van der Waals surface area contributed by atoms with Gasteiger partial charge in [-0.05, 0) is 39.2 Å². The molecular weight excluding hydrogens is 306 g/mol. The molecule has 5 nitrogen and oxygen atoms in total. The molecule has 0 aromatic heterocycles. The molecule has 124 valence electrons. The van der Waals surface area contributed by atoms with E-state index in [-0.39, 0.29) is 18.8 Å². The van der Waals surface area contributed by atoms with E-state index >= 15 is 0 Å². The highest BCUT2D eigenvalue weighted by Gasteiger charge is 2.28. The first-order chi connectivity index (χ1) is 9.69. The molecule has 0 saturated carbocycles. The SMILES string of the molecule is CC(C)(C)OC(=O)[C@@H](N)CC(Cc1ccccc1)C(=O)O.Cl. The number of carboxylic acid groups (broad SMARTS) is 1. The minimum Gasteiger partial charge on any atom is -0.481 e. The molecule has 22 heavy (non-hydrogen) atoms. The zero-order valence-electron chi connectivity index (χ0n) is 13.1. The normalized spacial score (nSPS) is 13.6. The van der Waals surface area contributed by atoms with Gasteiger partial charge in [0.05, 0.1) is 5.92 Å². The van der Waals surface area contributed by atoms with Gasteiger partial charge >= 0.3 is 11.9 Å². The molecule has 2 atom stereocenters. The Bertz CT molecular complexity index is 485. The van der Waals surface area contributed by atoms with Crippen LogP contribution in [-0.2, 0) is 20.7 Å². The van der Waals surface area contributed by atoms with Crippen molar-refractivity contribution in [2.75, 3.05) is 0 Å². The Morgan fingerprint density at radius 3 is 2.23 bits per heavy atom. The van der Waals surface area contributed by atoms with Gasteiger partial charge in [0.15, 0.2) is 0 Å². The van der Waals surface area contributed by atoms with E-state index in [1.54, 1.807) is 20.8 Å². The number of nitrogens with two attached hydrogens (primary N) is 1. The summed E-state index contributed by atoms with van der Waals surface area (Å²) in [7, 11) is 0. The highest BCUT2D eigenvalue weighted by atomic mass is 35.5. The van der Waals surface area contributed by atoms with Gasteiger partial charge in [-0.15, -0.1) is 12.4 Å². The number of benzene rings is 1. The maximum absolute atomic E-state index is 11.8. The fraction of sp³-hybridized carbons (Fsp3) is 0.500. The second kappa shape index (κ2) is 8.76. The van der Waals surface area contributed by atoms with Gasteiger partial charge in [0.25, 0.3) is 0 Å². The van der Waals surface area contributed by atoms with Gasteiger partial charge in [0.1, 0.15) is 11.6 Å². The van der Waals surface area contributed by atoms with E-state index in [9.17, 15) is 14.7 Å². The van der Waals surface area contributed by atoms with E-state index in [0.717, 1.165) is 5.56 Å². The van der Waals surface area contributed by atoms with Crippen LogP contribution in [0.3, 0.4) is 0 Å². The fourth-order valence-corrected chi connectivity index (χ4v) is 1.95. The summed E-state index contributed by atoms with van der Waals surface area (Å²) in [5.41, 5.74) is 6.05. The van der Waals surface area contributed by atoms with Crippen molar-refractivity contribution in [3.8, 4) is 0 Å². The number of hydrogen-bond donors (Lipinski definition) is 2. The number of halogens is 1. The third-order valence-electron chi connectivity index (χ3n) is 2.92. The summed E-state index contributed by atoms with van der Waals surface area (Å²) in [6.45, 7) is 5.24. The Hall–Kier alpha value is -1.59. The van der Waals surface area contributed by atoms with Gasteiger partial charge in [-0.1, -0.05) is 30.3 Å². The van der Waals surface area contributed by atoms with Gasteiger partial charge in [0.2, 0.25) is 0 Å². The molecule has 6 heteroatoms. The molecule has 0 amide bonds. The zero-order chi connectivity index (χ0) is 16.0. The summed E-state index contributed by atoms with van der Waals surface area (Å²) in [6, 6.07) is 8.34. The van der Waals surface area contributed by atoms with Crippen LogP contribution in [0, 0.1) is 5.92 Å². The van der Waals surface area contributed by atoms with E-state index in [2.05, 4.69) is 0 Å². The number of esters is 1. The summed E-state index contributed by atoms with van der Waals surface area (Å²) in [4.78, 5) is 23.2. The zero-order valence-corrected chi connectivity index (χ0v) is 13.9. The lowest BCUT2D eigenvalue weighted by Gasteiger charge is -2.23. The summed E-state index contributed by atoms with van der Waals surface area (Å²) < 4.78 is 5.17. The second-order valence-corrected chi connectivity index (χ2v) is 6.10. The summed E-state index contributed by atoms with van der Waals surface area (Å²) in [6.07, 6.45) is 0.395. The number of carbonyl (C=O) groups is 2. The highest BCUT2D eigenvalue weighted by Crippen LogP contribution is 2.16. The average Bonchev–Trinajstić information content (AvgIpc) is 2.36. The molecule has 0 heterocycles. The molecule has 0 fully saturated rings. The molecule has 0 aliphatic heterocycles. The lowest BCUT2D eigenvalue weighted by Crippen LogP contribution is -2.40. The monoisotopic (exact) mass is 329 g/mol. The average molecular weight is 330 g/mol. The Morgan fingerprint density at radius 1 is 1.23 bits per heavy atom. The Balaban J connectivity index is 0.00000441. The van der Waals surface area contributed by atoms with Gasteiger partial charge in [-0.25, -0.2) is 0 Å². The van der Waals surface area contributed by atoms with Gasteiger partial charge in [-0.2, -0.15) is 0 Å². The van der Waals surface area contributed by atoms with Gasteiger partial charge < -0.3 is 15.6 Å². The highest BCUT2D eigenvalue weighted by molar-refractivity contribution is 5.85. The van der Waals surface area contributed by atoms with Crippen LogP contribution in [0.1, 0.15) is 32.8 Å². The third kappa shape index (κ3) is 7.43. The van der Waals surface area contributed by atoms with Crippen molar-refractivity contribution in [2.24, 2.45) is 11.7 Å². The molecule has 0 aliphatic rings. The standard InChI is InChI=1S/C16H23NO4.ClH/c1-16(2,3)21-15(20)13(17)10-12(14(18)19)9-11-7-5-4-6-8-11;/h4-8,12-13H,9-10,17H2,1-3H3,(H,18,19);1H/t12?,13-;/m0./s1. The van der Waals surface area contributed by atoms with Crippen LogP contribution in [0.2, 0.25) is 0 Å². The molecule has 1 aromatic rings. The largest absolute Gasteiger partial charge is 0.481 e. The minimum atomic E-state index is -0.960. The van der Waals surface area contributed by atoms with E-state index in [0.29, 0.717) is 6.42 Å². The van der Waals surface area contributed by atoms with Crippen LogP contribution >= 0.6 is 12.4 Å². The number of carbonyl (C=O) groups excluding carboxylic acids is 1. The van der Waals surface area contributed by atoms with Crippen LogP contribution in [0.15, 0.2) is 30.3 Å². The molecule has 3 N–H and O–H groups in total. The summed E-state index contributed by atoms with van der Waals surface area (Å²) >= 11 is 0. The van der Waals surface area contributed by atoms with Crippen molar-refractivity contribution in [2.45, 2.75) is 45.3 Å². The summed E-state index contributed by atoms with van der Waals surface area (Å²) in [5.74, 6) is -2.24. The maximum Gasteiger partial charge on any atom is 0.323 e. The van der Waals surface area contributed by atoms with Crippen molar-refractivity contribution in [1.29, 1.82) is 0 Å². The lowest BCUT2D eigenvalue weighted by atomic mass is 9.93. The second-order valence-electron chi connectivity index (χ2n) is 6.10. The number of ether oxygens (including phenoxy) is 1. The fourth-order valence-electron chi connectivity index (χ4n) is 1.95. The summed E-state index contributed by atoms with van der Waals surface area (Å²) in [5, 5.41) is 9.29. The van der Waals surface area contributed by atoms with Crippen molar-refractivity contribution < 1.29 is 19.4 Å². The number of carboxylic acids is 1. The van der Waals surface area contributed by atoms with Crippen molar-refractivity contribution in [1.82, 2.24) is 0 Å². The maximum atomic E-state index is 11.8. The molecule has 0 aliphatic carbocycles. The minimum absolute atomic E-state index is 0. The van der Waals surface area contributed by atoms with Gasteiger partial charge in [-0.3, -0.25) is 9.59 Å². The van der Waals surface area contributed by atoms with Crippen molar-refractivity contribution in [3.63, 3.8) is 0 Å². The van der Waals surface area contributed by atoms with Crippen LogP contribution < -0.4 is 5.73 Å². The van der Waals surface area contributed by atoms with Crippen molar-refractivity contribution >= 4 is 24.3 Å². The molecule has 0 spiro atoms. The van der Waals surface area contributed by atoms with E-state index in [1.165, 1.54) is 0 Å². The van der Waals surface area contributed by atoms with E-state index in [4.69, 9.17) is 10.5 Å². The Labute approximate surface area is 137 Å². The quantitative estimate of drug-likeness (QED) is 0.782. The van der Waals surface area contributed by atoms with Crippen LogP contribution in [0.25, 0.3) is 0 Å². The first-order valence-electron chi connectivity index (χ1n) is 6.94. The van der Waals surface area contributed by atoms with Crippen LogP contribution in [0.5, 0.6) is 0 Å². The number of hydrogen-bond acceptors (Lipinski definition) is 4. The van der Waals surface area contributed by atoms with Crippen molar-refractivity contribution in [3.05, 3.63) is 35.9 Å². The first kappa shape index (κ1) is 20.4. The number of rotatable bonds is 6. The molecule has 0 saturated heterocycles. The predicted molar refractivity (Wildman–Crippen MR) is 87.0 cm³/mol. The molecular formula is C16H24ClNO4. The van der Waals surface area contributed by atoms with Crippen LogP contribution in [0.4, 0.5) is 0 Å². The third-order valence-corrected chi connectivity index (χ3v) is 2.92. The Kier molecular flexibility index (Phi) is 8.12. The molecule has 0 radical (unpaired) electrons. The first-order valence-corrected chi connectivity index (χ1v) is 6.94. The topological polar surface area (TPSA) is 89.6 Å². The molecule has 1 rings (SSSR count). The molecule has 1 aromatic carbocycles. The Morgan fingerprint density at radius 2 is 1.77 bits per heavy atom.